The van der Waals surface area contributed by atoms with E-state index >= 15 is 0 Å². The Morgan fingerprint density at radius 2 is 1.62 bits per heavy atom. The van der Waals surface area contributed by atoms with Crippen LogP contribution < -0.4 is 0 Å². The molecule has 24 heavy (non-hydrogen) atoms. The van der Waals surface area contributed by atoms with Crippen molar-refractivity contribution < 1.29 is 14.3 Å². The van der Waals surface area contributed by atoms with Crippen LogP contribution in [0, 0.1) is 11.8 Å². The summed E-state index contributed by atoms with van der Waals surface area (Å²) in [6.07, 6.45) is 9.61. The highest BCUT2D eigenvalue weighted by Gasteiger charge is 2.39. The van der Waals surface area contributed by atoms with Crippen molar-refractivity contribution in [1.82, 2.24) is 9.80 Å². The first-order valence-electron chi connectivity index (χ1n) is 9.82. The van der Waals surface area contributed by atoms with E-state index in [1.54, 1.807) is 0 Å². The van der Waals surface area contributed by atoms with Gasteiger partial charge in [0.2, 0.25) is 11.8 Å². The molecule has 0 aromatic heterocycles. The number of likely N-dealkylation sites (N-methyl/N-ethyl adjacent to an activating group) is 1. The predicted octanol–water partition coefficient (Wildman–Crippen LogP) is 2.44. The number of rotatable bonds is 4. The third kappa shape index (κ3) is 4.11. The van der Waals surface area contributed by atoms with Gasteiger partial charge in [0, 0.05) is 45.1 Å². The summed E-state index contributed by atoms with van der Waals surface area (Å²) >= 11 is 0. The lowest BCUT2D eigenvalue weighted by Gasteiger charge is -2.36. The number of likely N-dealkylation sites (tertiary alicyclic amines) is 1. The summed E-state index contributed by atoms with van der Waals surface area (Å²) in [6, 6.07) is 0. The number of ether oxygens (including phenoxy) is 1. The van der Waals surface area contributed by atoms with Crippen molar-refractivity contribution in [2.45, 2.75) is 63.9 Å². The first kappa shape index (κ1) is 17.7. The fourth-order valence-electron chi connectivity index (χ4n) is 4.52. The fraction of sp³-hybridized carbons (Fsp3) is 0.895. The number of carbonyl (C=O) groups excluding carboxylic acids is 2. The minimum atomic E-state index is -0.125. The molecule has 0 spiro atoms. The minimum absolute atomic E-state index is 0.0981. The van der Waals surface area contributed by atoms with Gasteiger partial charge in [-0.15, -0.1) is 0 Å². The first-order valence-corrected chi connectivity index (χ1v) is 9.82. The molecule has 3 fully saturated rings. The molecule has 0 aromatic rings. The van der Waals surface area contributed by atoms with Crippen LogP contribution in [0.3, 0.4) is 0 Å². The molecule has 2 saturated heterocycles. The van der Waals surface area contributed by atoms with Gasteiger partial charge in [-0.1, -0.05) is 12.8 Å². The summed E-state index contributed by atoms with van der Waals surface area (Å²) in [5.74, 6) is 0.161. The van der Waals surface area contributed by atoms with Gasteiger partial charge in [-0.05, 0) is 44.9 Å². The summed E-state index contributed by atoms with van der Waals surface area (Å²) in [7, 11) is 1.88. The lowest BCUT2D eigenvalue weighted by Crippen LogP contribution is -2.47. The Morgan fingerprint density at radius 1 is 0.958 bits per heavy atom. The van der Waals surface area contributed by atoms with Gasteiger partial charge in [-0.2, -0.15) is 0 Å². The number of carbonyl (C=O) groups is 2. The van der Waals surface area contributed by atoms with Crippen molar-refractivity contribution in [3.05, 3.63) is 0 Å². The van der Waals surface area contributed by atoms with E-state index in [1.165, 1.54) is 6.42 Å². The van der Waals surface area contributed by atoms with Gasteiger partial charge in [-0.25, -0.2) is 0 Å². The van der Waals surface area contributed by atoms with E-state index in [1.807, 2.05) is 16.8 Å². The zero-order valence-electron chi connectivity index (χ0n) is 15.0. The molecule has 2 aliphatic heterocycles. The molecule has 0 bridgehead atoms. The van der Waals surface area contributed by atoms with Crippen LogP contribution in [0.5, 0.6) is 0 Å². The molecule has 0 N–H and O–H groups in total. The van der Waals surface area contributed by atoms with Gasteiger partial charge < -0.3 is 14.5 Å². The van der Waals surface area contributed by atoms with Crippen molar-refractivity contribution in [3.8, 4) is 0 Å². The number of nitrogens with zero attached hydrogens (tertiary/aromatic N) is 2. The van der Waals surface area contributed by atoms with E-state index in [0.29, 0.717) is 6.54 Å². The van der Waals surface area contributed by atoms with Gasteiger partial charge in [-0.3, -0.25) is 9.59 Å². The molecule has 3 aliphatic rings. The second-order valence-corrected chi connectivity index (χ2v) is 7.74. The van der Waals surface area contributed by atoms with Crippen LogP contribution in [0.25, 0.3) is 0 Å². The highest BCUT2D eigenvalue weighted by atomic mass is 16.5. The van der Waals surface area contributed by atoms with E-state index in [0.717, 1.165) is 71.1 Å². The van der Waals surface area contributed by atoms with Gasteiger partial charge in [0.05, 0.1) is 6.10 Å². The van der Waals surface area contributed by atoms with Crippen molar-refractivity contribution >= 4 is 11.8 Å². The van der Waals surface area contributed by atoms with Crippen LogP contribution in [-0.4, -0.2) is 61.0 Å². The quantitative estimate of drug-likeness (QED) is 0.792. The van der Waals surface area contributed by atoms with E-state index in [4.69, 9.17) is 4.74 Å². The Balaban J connectivity index is 1.60. The molecular weight excluding hydrogens is 304 g/mol. The molecule has 1 aliphatic carbocycles. The topological polar surface area (TPSA) is 49.9 Å². The summed E-state index contributed by atoms with van der Waals surface area (Å²) < 4.78 is 5.77. The summed E-state index contributed by atoms with van der Waals surface area (Å²) in [4.78, 5) is 29.7. The zero-order chi connectivity index (χ0) is 16.9. The maximum atomic E-state index is 13.0. The Hall–Kier alpha value is -1.10. The lowest BCUT2D eigenvalue weighted by molar-refractivity contribution is -0.148. The standard InChI is InChI=1S/C19H32N2O3/c1-20(14-15-8-4-7-13-24-15)18(22)16-9-2-3-10-17(16)19(23)21-11-5-6-12-21/h15-17H,2-14H2,1H3/t15-,16-,17-/m0/s1. The zero-order valence-corrected chi connectivity index (χ0v) is 15.0. The molecule has 5 heteroatoms. The van der Waals surface area contributed by atoms with E-state index in [-0.39, 0.29) is 29.8 Å². The second kappa shape index (κ2) is 8.32. The van der Waals surface area contributed by atoms with Gasteiger partial charge in [0.15, 0.2) is 0 Å². The van der Waals surface area contributed by atoms with Crippen LogP contribution in [0.2, 0.25) is 0 Å². The van der Waals surface area contributed by atoms with Crippen LogP contribution in [0.1, 0.15) is 57.8 Å². The van der Waals surface area contributed by atoms with E-state index in [2.05, 4.69) is 0 Å². The molecule has 0 radical (unpaired) electrons. The third-order valence-corrected chi connectivity index (χ3v) is 5.95. The van der Waals surface area contributed by atoms with Crippen molar-refractivity contribution in [2.75, 3.05) is 33.3 Å². The highest BCUT2D eigenvalue weighted by molar-refractivity contribution is 5.88. The average Bonchev–Trinajstić information content (AvgIpc) is 3.16. The fourth-order valence-corrected chi connectivity index (χ4v) is 4.52. The minimum Gasteiger partial charge on any atom is -0.376 e. The molecule has 3 rings (SSSR count). The molecular formula is C19H32N2O3. The third-order valence-electron chi connectivity index (χ3n) is 5.95. The summed E-state index contributed by atoms with van der Waals surface area (Å²) in [5.41, 5.74) is 0. The molecule has 5 nitrogen and oxygen atoms in total. The van der Waals surface area contributed by atoms with Crippen LogP contribution >= 0.6 is 0 Å². The van der Waals surface area contributed by atoms with Crippen molar-refractivity contribution in [3.63, 3.8) is 0 Å². The molecule has 3 atom stereocenters. The monoisotopic (exact) mass is 336 g/mol. The molecule has 0 unspecified atom stereocenters. The Bertz CT molecular complexity index is 442. The Kier molecular flexibility index (Phi) is 6.14. The van der Waals surface area contributed by atoms with Crippen LogP contribution in [0.4, 0.5) is 0 Å². The summed E-state index contributed by atoms with van der Waals surface area (Å²) in [5, 5.41) is 0. The van der Waals surface area contributed by atoms with Gasteiger partial charge >= 0.3 is 0 Å². The SMILES string of the molecule is CN(C[C@@H]1CCCCO1)C(=O)[C@H]1CCCC[C@@H]1C(=O)N1CCCC1. The normalized spacial score (nSPS) is 31.0. The lowest BCUT2D eigenvalue weighted by atomic mass is 9.77. The largest absolute Gasteiger partial charge is 0.376 e. The molecule has 1 saturated carbocycles. The predicted molar refractivity (Wildman–Crippen MR) is 92.5 cm³/mol. The van der Waals surface area contributed by atoms with Crippen molar-refractivity contribution in [1.29, 1.82) is 0 Å². The Labute approximate surface area is 145 Å². The van der Waals surface area contributed by atoms with Crippen molar-refractivity contribution in [2.24, 2.45) is 11.8 Å². The first-order chi connectivity index (χ1) is 11.7. The molecule has 2 heterocycles. The molecule has 2 amide bonds. The van der Waals surface area contributed by atoms with E-state index in [9.17, 15) is 9.59 Å². The maximum absolute atomic E-state index is 13.0. The second-order valence-electron chi connectivity index (χ2n) is 7.74. The van der Waals surface area contributed by atoms with Crippen LogP contribution in [0.15, 0.2) is 0 Å². The maximum Gasteiger partial charge on any atom is 0.226 e. The Morgan fingerprint density at radius 3 is 2.29 bits per heavy atom. The smallest absolute Gasteiger partial charge is 0.226 e. The van der Waals surface area contributed by atoms with Gasteiger partial charge in [0.1, 0.15) is 0 Å². The number of amides is 2. The average molecular weight is 336 g/mol. The van der Waals surface area contributed by atoms with E-state index < -0.39 is 0 Å². The number of hydrogen-bond acceptors (Lipinski definition) is 3. The molecule has 0 aromatic carbocycles. The number of hydrogen-bond donors (Lipinski definition) is 0. The highest BCUT2D eigenvalue weighted by Crippen LogP contribution is 2.33. The van der Waals surface area contributed by atoms with Gasteiger partial charge in [0.25, 0.3) is 0 Å². The molecule has 136 valence electrons. The summed E-state index contributed by atoms with van der Waals surface area (Å²) in [6.45, 7) is 3.23. The van der Waals surface area contributed by atoms with Crippen LogP contribution in [-0.2, 0) is 14.3 Å².